The van der Waals surface area contributed by atoms with E-state index in [4.69, 9.17) is 0 Å². The minimum atomic E-state index is 0.217. The number of hydrogen-bond acceptors (Lipinski definition) is 2. The van der Waals surface area contributed by atoms with Crippen LogP contribution in [0.4, 0.5) is 0 Å². The molecule has 1 aromatic rings. The van der Waals surface area contributed by atoms with Crippen molar-refractivity contribution in [3.63, 3.8) is 0 Å². The van der Waals surface area contributed by atoms with E-state index in [1.54, 1.807) is 0 Å². The van der Waals surface area contributed by atoms with E-state index in [2.05, 4.69) is 35.1 Å². The van der Waals surface area contributed by atoms with Crippen LogP contribution in [0.2, 0.25) is 0 Å². The van der Waals surface area contributed by atoms with Gasteiger partial charge in [-0.05, 0) is 31.5 Å². The van der Waals surface area contributed by atoms with Gasteiger partial charge in [0, 0.05) is 29.6 Å². The summed E-state index contributed by atoms with van der Waals surface area (Å²) < 4.78 is 1.02. The Bertz CT molecular complexity index is 436. The number of nitrogens with zero attached hydrogens (tertiary/aromatic N) is 1. The number of carbonyl (C=O) groups is 1. The third kappa shape index (κ3) is 3.12. The Balaban J connectivity index is 2.03. The molecule has 4 heteroatoms. The minimum Gasteiger partial charge on any atom is -0.337 e. The fourth-order valence-corrected chi connectivity index (χ4v) is 2.78. The third-order valence-corrected chi connectivity index (χ3v) is 4.09. The molecule has 1 fully saturated rings. The van der Waals surface area contributed by atoms with Crippen LogP contribution in [-0.4, -0.2) is 36.0 Å². The van der Waals surface area contributed by atoms with Crippen LogP contribution in [0.5, 0.6) is 0 Å². The number of rotatable bonds is 2. The van der Waals surface area contributed by atoms with Gasteiger partial charge >= 0.3 is 0 Å². The SMILES string of the molecule is CC1NCCN(C(=O)Cc2cccc(Br)c2)C1C. The van der Waals surface area contributed by atoms with Crippen molar-refractivity contribution < 1.29 is 4.79 Å². The summed E-state index contributed by atoms with van der Waals surface area (Å²) in [5.41, 5.74) is 1.06. The van der Waals surface area contributed by atoms with Gasteiger partial charge in [0.15, 0.2) is 0 Å². The van der Waals surface area contributed by atoms with Gasteiger partial charge in [-0.1, -0.05) is 28.1 Å². The first-order valence-corrected chi connectivity index (χ1v) is 7.14. The summed E-state index contributed by atoms with van der Waals surface area (Å²) in [5.74, 6) is 0.217. The minimum absolute atomic E-state index is 0.217. The monoisotopic (exact) mass is 310 g/mol. The molecular weight excluding hydrogens is 292 g/mol. The topological polar surface area (TPSA) is 32.3 Å². The van der Waals surface area contributed by atoms with E-state index < -0.39 is 0 Å². The molecule has 2 unspecified atom stereocenters. The number of hydrogen-bond donors (Lipinski definition) is 1. The lowest BCUT2D eigenvalue weighted by molar-refractivity contribution is -0.134. The molecule has 0 aromatic heterocycles. The molecule has 98 valence electrons. The first-order chi connectivity index (χ1) is 8.58. The Morgan fingerprint density at radius 1 is 1.50 bits per heavy atom. The smallest absolute Gasteiger partial charge is 0.227 e. The molecule has 1 aliphatic heterocycles. The van der Waals surface area contributed by atoms with Gasteiger partial charge in [0.25, 0.3) is 0 Å². The van der Waals surface area contributed by atoms with Crippen molar-refractivity contribution in [1.29, 1.82) is 0 Å². The van der Waals surface area contributed by atoms with Gasteiger partial charge in [-0.2, -0.15) is 0 Å². The molecule has 1 aliphatic rings. The van der Waals surface area contributed by atoms with E-state index in [1.807, 2.05) is 29.2 Å². The molecule has 0 radical (unpaired) electrons. The van der Waals surface area contributed by atoms with Crippen LogP contribution in [0.15, 0.2) is 28.7 Å². The van der Waals surface area contributed by atoms with Gasteiger partial charge in [-0.25, -0.2) is 0 Å². The van der Waals surface area contributed by atoms with E-state index in [-0.39, 0.29) is 11.9 Å². The second-order valence-corrected chi connectivity index (χ2v) is 5.79. The fourth-order valence-electron chi connectivity index (χ4n) is 2.33. The van der Waals surface area contributed by atoms with E-state index in [0.29, 0.717) is 12.5 Å². The van der Waals surface area contributed by atoms with Crippen LogP contribution < -0.4 is 5.32 Å². The van der Waals surface area contributed by atoms with Crippen molar-refractivity contribution in [3.8, 4) is 0 Å². The highest BCUT2D eigenvalue weighted by Gasteiger charge is 2.27. The van der Waals surface area contributed by atoms with Gasteiger partial charge in [0.2, 0.25) is 5.91 Å². The largest absolute Gasteiger partial charge is 0.337 e. The predicted octanol–water partition coefficient (Wildman–Crippen LogP) is 2.20. The molecule has 1 saturated heterocycles. The van der Waals surface area contributed by atoms with Crippen molar-refractivity contribution in [2.75, 3.05) is 13.1 Å². The van der Waals surface area contributed by atoms with E-state index >= 15 is 0 Å². The summed E-state index contributed by atoms with van der Waals surface area (Å²) in [6.45, 7) is 5.92. The highest BCUT2D eigenvalue weighted by Crippen LogP contribution is 2.15. The van der Waals surface area contributed by atoms with Crippen LogP contribution in [0.3, 0.4) is 0 Å². The highest BCUT2D eigenvalue weighted by atomic mass is 79.9. The Morgan fingerprint density at radius 3 is 3.00 bits per heavy atom. The molecule has 0 spiro atoms. The zero-order valence-corrected chi connectivity index (χ0v) is 12.4. The molecule has 1 N–H and O–H groups in total. The van der Waals surface area contributed by atoms with Crippen molar-refractivity contribution in [3.05, 3.63) is 34.3 Å². The molecule has 0 bridgehead atoms. The predicted molar refractivity (Wildman–Crippen MR) is 76.5 cm³/mol. The van der Waals surface area contributed by atoms with Crippen molar-refractivity contribution in [2.45, 2.75) is 32.4 Å². The molecular formula is C14H19BrN2O. The zero-order valence-electron chi connectivity index (χ0n) is 10.8. The summed E-state index contributed by atoms with van der Waals surface area (Å²) in [4.78, 5) is 14.3. The molecule has 2 atom stereocenters. The number of benzene rings is 1. The quantitative estimate of drug-likeness (QED) is 0.908. The van der Waals surface area contributed by atoms with Gasteiger partial charge in [-0.3, -0.25) is 4.79 Å². The summed E-state index contributed by atoms with van der Waals surface area (Å²) in [5, 5.41) is 3.39. The lowest BCUT2D eigenvalue weighted by atomic mass is 10.1. The standard InChI is InChI=1S/C14H19BrN2O/c1-10-11(2)17(7-6-16-10)14(18)9-12-4-3-5-13(15)8-12/h3-5,8,10-11,16H,6-7,9H2,1-2H3. The maximum Gasteiger partial charge on any atom is 0.227 e. The van der Waals surface area contributed by atoms with Gasteiger partial charge in [0.05, 0.1) is 6.42 Å². The van der Waals surface area contributed by atoms with Gasteiger partial charge in [0.1, 0.15) is 0 Å². The molecule has 0 aliphatic carbocycles. The second kappa shape index (κ2) is 5.85. The molecule has 3 nitrogen and oxygen atoms in total. The average Bonchev–Trinajstić information content (AvgIpc) is 2.32. The third-order valence-electron chi connectivity index (χ3n) is 3.60. The average molecular weight is 311 g/mol. The second-order valence-electron chi connectivity index (χ2n) is 4.88. The lowest BCUT2D eigenvalue weighted by Gasteiger charge is -2.38. The zero-order chi connectivity index (χ0) is 13.1. The van der Waals surface area contributed by atoms with Gasteiger partial charge in [-0.15, -0.1) is 0 Å². The first kappa shape index (κ1) is 13.6. The maximum absolute atomic E-state index is 12.3. The van der Waals surface area contributed by atoms with Crippen molar-refractivity contribution >= 4 is 21.8 Å². The van der Waals surface area contributed by atoms with Crippen LogP contribution in [0.25, 0.3) is 0 Å². The highest BCUT2D eigenvalue weighted by molar-refractivity contribution is 9.10. The number of carbonyl (C=O) groups excluding carboxylic acids is 1. The number of piperazine rings is 1. The fraction of sp³-hybridized carbons (Fsp3) is 0.500. The molecule has 0 saturated carbocycles. The first-order valence-electron chi connectivity index (χ1n) is 6.35. The Labute approximate surface area is 117 Å². The Kier molecular flexibility index (Phi) is 4.40. The van der Waals surface area contributed by atoms with Crippen LogP contribution in [-0.2, 0) is 11.2 Å². The molecule has 1 aromatic carbocycles. The number of nitrogens with one attached hydrogen (secondary N) is 1. The molecule has 2 rings (SSSR count). The van der Waals surface area contributed by atoms with E-state index in [0.717, 1.165) is 23.1 Å². The summed E-state index contributed by atoms with van der Waals surface area (Å²) in [7, 11) is 0. The van der Waals surface area contributed by atoms with E-state index in [1.165, 1.54) is 0 Å². The van der Waals surface area contributed by atoms with E-state index in [9.17, 15) is 4.79 Å². The normalized spacial score (nSPS) is 24.1. The van der Waals surface area contributed by atoms with Crippen LogP contribution >= 0.6 is 15.9 Å². The summed E-state index contributed by atoms with van der Waals surface area (Å²) >= 11 is 3.43. The Morgan fingerprint density at radius 2 is 2.28 bits per heavy atom. The molecule has 18 heavy (non-hydrogen) atoms. The van der Waals surface area contributed by atoms with Crippen LogP contribution in [0.1, 0.15) is 19.4 Å². The maximum atomic E-state index is 12.3. The van der Waals surface area contributed by atoms with Crippen molar-refractivity contribution in [2.24, 2.45) is 0 Å². The summed E-state index contributed by atoms with van der Waals surface area (Å²) in [6.07, 6.45) is 0.483. The van der Waals surface area contributed by atoms with Crippen LogP contribution in [0, 0.1) is 0 Å². The molecule has 1 amide bonds. The van der Waals surface area contributed by atoms with Gasteiger partial charge < -0.3 is 10.2 Å². The summed E-state index contributed by atoms with van der Waals surface area (Å²) in [6, 6.07) is 8.58. The molecule has 1 heterocycles. The lowest BCUT2D eigenvalue weighted by Crippen LogP contribution is -2.57. The van der Waals surface area contributed by atoms with Crippen molar-refractivity contribution in [1.82, 2.24) is 10.2 Å². The number of halogens is 1. The Hall–Kier alpha value is -0.870. The number of amides is 1.